The molecule has 0 radical (unpaired) electrons. The number of piperidine rings is 1. The van der Waals surface area contributed by atoms with Gasteiger partial charge in [-0.1, -0.05) is 12.5 Å². The van der Waals surface area contributed by atoms with Gasteiger partial charge in [-0.3, -0.25) is 4.79 Å². The third kappa shape index (κ3) is 2.30. The first kappa shape index (κ1) is 15.2. The first-order valence-electron chi connectivity index (χ1n) is 8.61. The highest BCUT2D eigenvalue weighted by atomic mass is 16.3. The van der Waals surface area contributed by atoms with Gasteiger partial charge in [-0.05, 0) is 48.8 Å². The molecule has 0 atom stereocenters. The molecule has 1 aliphatic heterocycles. The van der Waals surface area contributed by atoms with Crippen LogP contribution in [0.1, 0.15) is 43.2 Å². The molecule has 2 fully saturated rings. The minimum atomic E-state index is -0.333. The summed E-state index contributed by atoms with van der Waals surface area (Å²) in [6.45, 7) is 1.71. The maximum atomic E-state index is 12.3. The van der Waals surface area contributed by atoms with Crippen LogP contribution in [-0.2, 0) is 6.61 Å². The first-order valence-corrected chi connectivity index (χ1v) is 8.61. The predicted molar refractivity (Wildman–Crippen MR) is 92.9 cm³/mol. The molecule has 0 unspecified atom stereocenters. The van der Waals surface area contributed by atoms with Crippen molar-refractivity contribution in [3.8, 4) is 6.07 Å². The highest BCUT2D eigenvalue weighted by Gasteiger charge is 2.40. The van der Waals surface area contributed by atoms with Crippen LogP contribution in [-0.4, -0.2) is 23.2 Å². The molecule has 5 nitrogen and oxygen atoms in total. The number of aromatic amines is 1. The van der Waals surface area contributed by atoms with E-state index in [0.29, 0.717) is 5.41 Å². The Hall–Kier alpha value is -2.32. The average molecular weight is 323 g/mol. The molecule has 4 rings (SSSR count). The molecule has 2 N–H and O–H groups in total. The van der Waals surface area contributed by atoms with E-state index in [9.17, 15) is 15.2 Å². The van der Waals surface area contributed by atoms with Crippen LogP contribution in [0.5, 0.6) is 0 Å². The number of anilines is 1. The van der Waals surface area contributed by atoms with Crippen molar-refractivity contribution in [1.82, 2.24) is 4.98 Å². The molecule has 0 amide bonds. The number of hydrogen-bond donors (Lipinski definition) is 2. The molecule has 24 heavy (non-hydrogen) atoms. The topological polar surface area (TPSA) is 80.1 Å². The molecule has 1 aromatic carbocycles. The molecule has 124 valence electrons. The highest BCUT2D eigenvalue weighted by molar-refractivity contribution is 5.95. The molecule has 1 aromatic heterocycles. The van der Waals surface area contributed by atoms with Crippen LogP contribution in [0.15, 0.2) is 23.0 Å². The third-order valence-corrected chi connectivity index (χ3v) is 5.90. The second-order valence-electron chi connectivity index (χ2n) is 7.17. The summed E-state index contributed by atoms with van der Waals surface area (Å²) in [5.74, 6) is 0. The molecule has 1 aliphatic carbocycles. The number of aromatic nitrogens is 1. The van der Waals surface area contributed by atoms with E-state index in [1.165, 1.54) is 19.3 Å². The van der Waals surface area contributed by atoms with Gasteiger partial charge in [0.2, 0.25) is 0 Å². The number of benzene rings is 1. The van der Waals surface area contributed by atoms with Crippen LogP contribution in [0.3, 0.4) is 0 Å². The zero-order valence-electron chi connectivity index (χ0n) is 13.6. The number of pyridine rings is 1. The van der Waals surface area contributed by atoms with Gasteiger partial charge in [-0.25, -0.2) is 0 Å². The number of nitrogens with zero attached hydrogens (tertiary/aromatic N) is 2. The van der Waals surface area contributed by atoms with Crippen LogP contribution in [0.4, 0.5) is 5.69 Å². The average Bonchev–Trinajstić information content (AvgIpc) is 2.59. The van der Waals surface area contributed by atoms with Gasteiger partial charge in [0.05, 0.1) is 17.8 Å². The normalized spacial score (nSPS) is 19.2. The van der Waals surface area contributed by atoms with E-state index in [2.05, 4.69) is 16.0 Å². The second kappa shape index (κ2) is 5.64. The van der Waals surface area contributed by atoms with Crippen LogP contribution in [0.2, 0.25) is 0 Å². The molecular formula is C19H21N3O2. The lowest BCUT2D eigenvalue weighted by Crippen LogP contribution is -2.44. The number of H-pyrrole nitrogens is 1. The van der Waals surface area contributed by atoms with E-state index in [4.69, 9.17) is 0 Å². The number of rotatable bonds is 2. The summed E-state index contributed by atoms with van der Waals surface area (Å²) >= 11 is 0. The Balaban J connectivity index is 1.83. The molecular weight excluding hydrogens is 302 g/mol. The number of nitriles is 1. The Morgan fingerprint density at radius 3 is 2.58 bits per heavy atom. The van der Waals surface area contributed by atoms with Gasteiger partial charge in [0, 0.05) is 18.5 Å². The second-order valence-corrected chi connectivity index (χ2v) is 7.17. The smallest absolute Gasteiger partial charge is 0.268 e. The van der Waals surface area contributed by atoms with Crippen molar-refractivity contribution >= 4 is 16.6 Å². The Morgan fingerprint density at radius 2 is 2.00 bits per heavy atom. The minimum absolute atomic E-state index is 0.0560. The van der Waals surface area contributed by atoms with E-state index in [1.54, 1.807) is 6.07 Å². The summed E-state index contributed by atoms with van der Waals surface area (Å²) < 4.78 is 0. The van der Waals surface area contributed by atoms with E-state index in [1.807, 2.05) is 12.1 Å². The number of aliphatic hydroxyl groups excluding tert-OH is 1. The molecule has 2 heterocycles. The standard InChI is InChI=1S/C19H21N3O2/c20-11-15-17(22-8-6-19(7-9-22)4-1-5-19)14-10-13(12-23)2-3-16(14)21-18(15)24/h2-3,10,23H,1,4-9,12H2,(H,21,24). The lowest BCUT2D eigenvalue weighted by Gasteiger charge is -2.48. The van der Waals surface area contributed by atoms with E-state index in [0.717, 1.165) is 48.1 Å². The molecule has 1 saturated heterocycles. The summed E-state index contributed by atoms with van der Waals surface area (Å²) in [5, 5.41) is 19.8. The minimum Gasteiger partial charge on any atom is -0.392 e. The van der Waals surface area contributed by atoms with Gasteiger partial charge >= 0.3 is 0 Å². The lowest BCUT2D eigenvalue weighted by molar-refractivity contribution is 0.0956. The Labute approximate surface area is 140 Å². The Kier molecular flexibility index (Phi) is 3.58. The van der Waals surface area contributed by atoms with Crippen LogP contribution >= 0.6 is 0 Å². The van der Waals surface area contributed by atoms with Gasteiger partial charge in [0.25, 0.3) is 5.56 Å². The third-order valence-electron chi connectivity index (χ3n) is 5.90. The maximum Gasteiger partial charge on any atom is 0.268 e. The summed E-state index contributed by atoms with van der Waals surface area (Å²) in [4.78, 5) is 17.3. The van der Waals surface area contributed by atoms with E-state index >= 15 is 0 Å². The van der Waals surface area contributed by atoms with Crippen molar-refractivity contribution in [2.45, 2.75) is 38.7 Å². The quantitative estimate of drug-likeness (QED) is 0.890. The first-order chi connectivity index (χ1) is 11.7. The maximum absolute atomic E-state index is 12.3. The van der Waals surface area contributed by atoms with Gasteiger partial charge in [0.1, 0.15) is 11.6 Å². The van der Waals surface area contributed by atoms with Crippen LogP contribution in [0, 0.1) is 16.7 Å². The number of hydrogen-bond acceptors (Lipinski definition) is 4. The van der Waals surface area contributed by atoms with Crippen LogP contribution < -0.4 is 10.5 Å². The molecule has 1 saturated carbocycles. The Morgan fingerprint density at radius 1 is 1.25 bits per heavy atom. The van der Waals surface area contributed by atoms with E-state index in [-0.39, 0.29) is 17.7 Å². The molecule has 5 heteroatoms. The molecule has 1 spiro atoms. The zero-order valence-corrected chi connectivity index (χ0v) is 13.6. The molecule has 0 bridgehead atoms. The van der Waals surface area contributed by atoms with Crippen molar-refractivity contribution in [2.24, 2.45) is 5.41 Å². The van der Waals surface area contributed by atoms with Crippen LogP contribution in [0.25, 0.3) is 10.9 Å². The summed E-state index contributed by atoms with van der Waals surface area (Å²) in [5.41, 5.74) is 2.60. The Bertz CT molecular complexity index is 880. The van der Waals surface area contributed by atoms with Crippen molar-refractivity contribution in [2.75, 3.05) is 18.0 Å². The van der Waals surface area contributed by atoms with Gasteiger partial charge < -0.3 is 15.0 Å². The fraction of sp³-hybridized carbons (Fsp3) is 0.474. The number of aliphatic hydroxyl groups is 1. The highest BCUT2D eigenvalue weighted by Crippen LogP contribution is 2.49. The SMILES string of the molecule is N#Cc1c(N2CCC3(CCC3)CC2)c2cc(CO)ccc2[nH]c1=O. The summed E-state index contributed by atoms with van der Waals surface area (Å²) in [6.07, 6.45) is 6.22. The number of nitrogens with one attached hydrogen (secondary N) is 1. The largest absolute Gasteiger partial charge is 0.392 e. The van der Waals surface area contributed by atoms with Crippen molar-refractivity contribution < 1.29 is 5.11 Å². The zero-order chi connectivity index (χ0) is 16.7. The van der Waals surface area contributed by atoms with Crippen molar-refractivity contribution in [1.29, 1.82) is 5.26 Å². The monoisotopic (exact) mass is 323 g/mol. The predicted octanol–water partition coefficient (Wildman–Crippen LogP) is 2.66. The van der Waals surface area contributed by atoms with Gasteiger partial charge in [-0.2, -0.15) is 5.26 Å². The van der Waals surface area contributed by atoms with Crippen molar-refractivity contribution in [3.63, 3.8) is 0 Å². The lowest BCUT2D eigenvalue weighted by atomic mass is 9.63. The summed E-state index contributed by atoms with van der Waals surface area (Å²) in [6, 6.07) is 7.58. The van der Waals surface area contributed by atoms with Crippen molar-refractivity contribution in [3.05, 3.63) is 39.7 Å². The van der Waals surface area contributed by atoms with Gasteiger partial charge in [0.15, 0.2) is 0 Å². The number of fused-ring (bicyclic) bond motifs is 1. The van der Waals surface area contributed by atoms with Gasteiger partial charge in [-0.15, -0.1) is 0 Å². The molecule has 2 aliphatic rings. The molecule has 2 aromatic rings. The van der Waals surface area contributed by atoms with E-state index < -0.39 is 0 Å². The summed E-state index contributed by atoms with van der Waals surface area (Å²) in [7, 11) is 0. The fourth-order valence-electron chi connectivity index (χ4n) is 4.24. The fourth-order valence-corrected chi connectivity index (χ4v) is 4.24.